The third-order valence-electron chi connectivity index (χ3n) is 2.39. The molecule has 1 saturated heterocycles. The number of hydrogen-bond donors (Lipinski definition) is 0. The van der Waals surface area contributed by atoms with Gasteiger partial charge in [0, 0.05) is 23.6 Å². The topological polar surface area (TPSA) is 69.1 Å². The molecule has 0 radical (unpaired) electrons. The van der Waals surface area contributed by atoms with Crippen molar-refractivity contribution in [1.82, 2.24) is 4.90 Å². The number of carbonyl (C=O) groups excluding carboxylic acids is 1. The molecule has 15 heavy (non-hydrogen) atoms. The standard InChI is InChI=1S/C10H10N4O/c11-13-12-9-6-14(7-9)10(15)8-4-2-1-3-5-8/h1-5,9H,6-7H2. The molecule has 1 aromatic carbocycles. The van der Waals surface area contributed by atoms with E-state index < -0.39 is 0 Å². The van der Waals surface area contributed by atoms with Crippen molar-refractivity contribution < 1.29 is 4.79 Å². The minimum atomic E-state index is -0.0531. The Morgan fingerprint density at radius 1 is 1.40 bits per heavy atom. The van der Waals surface area contributed by atoms with Gasteiger partial charge in [0.2, 0.25) is 0 Å². The van der Waals surface area contributed by atoms with E-state index in [4.69, 9.17) is 5.53 Å². The summed E-state index contributed by atoms with van der Waals surface area (Å²) in [6.45, 7) is 1.05. The van der Waals surface area contributed by atoms with Gasteiger partial charge >= 0.3 is 0 Å². The summed E-state index contributed by atoms with van der Waals surface area (Å²) in [6.07, 6.45) is 0. The molecule has 1 fully saturated rings. The number of rotatable bonds is 2. The Kier molecular flexibility index (Phi) is 2.56. The van der Waals surface area contributed by atoms with Crippen LogP contribution in [0.1, 0.15) is 10.4 Å². The van der Waals surface area contributed by atoms with Crippen LogP contribution in [0.3, 0.4) is 0 Å². The van der Waals surface area contributed by atoms with E-state index >= 15 is 0 Å². The monoisotopic (exact) mass is 202 g/mol. The number of carbonyl (C=O) groups is 1. The Labute approximate surface area is 86.9 Å². The highest BCUT2D eigenvalue weighted by Gasteiger charge is 2.29. The van der Waals surface area contributed by atoms with Crippen LogP contribution in [0.15, 0.2) is 35.4 Å². The van der Waals surface area contributed by atoms with Crippen molar-refractivity contribution in [2.75, 3.05) is 13.1 Å². The van der Waals surface area contributed by atoms with Crippen molar-refractivity contribution >= 4 is 5.91 Å². The van der Waals surface area contributed by atoms with Gasteiger partial charge in [-0.1, -0.05) is 23.3 Å². The Balaban J connectivity index is 1.98. The maximum absolute atomic E-state index is 11.8. The number of amides is 1. The molecule has 0 aromatic heterocycles. The summed E-state index contributed by atoms with van der Waals surface area (Å²) in [4.78, 5) is 16.2. The maximum Gasteiger partial charge on any atom is 0.253 e. The van der Waals surface area contributed by atoms with Crippen LogP contribution in [0, 0.1) is 0 Å². The summed E-state index contributed by atoms with van der Waals surface area (Å²) in [5, 5.41) is 3.54. The van der Waals surface area contributed by atoms with E-state index in [-0.39, 0.29) is 11.9 Å². The highest BCUT2D eigenvalue weighted by atomic mass is 16.2. The molecule has 5 nitrogen and oxygen atoms in total. The maximum atomic E-state index is 11.8. The van der Waals surface area contributed by atoms with Gasteiger partial charge in [-0.05, 0) is 17.7 Å². The molecule has 5 heteroatoms. The molecule has 0 aliphatic carbocycles. The van der Waals surface area contributed by atoms with Gasteiger partial charge in [-0.15, -0.1) is 0 Å². The highest BCUT2D eigenvalue weighted by molar-refractivity contribution is 5.94. The number of likely N-dealkylation sites (tertiary alicyclic amines) is 1. The van der Waals surface area contributed by atoms with Crippen LogP contribution >= 0.6 is 0 Å². The minimum absolute atomic E-state index is 0.00000945. The first-order chi connectivity index (χ1) is 7.31. The summed E-state index contributed by atoms with van der Waals surface area (Å²) in [5.74, 6) is -0.00000945. The fourth-order valence-electron chi connectivity index (χ4n) is 1.53. The average Bonchev–Trinajstić information content (AvgIpc) is 2.23. The zero-order valence-electron chi connectivity index (χ0n) is 8.08. The molecule has 0 saturated carbocycles. The van der Waals surface area contributed by atoms with E-state index in [1.807, 2.05) is 18.2 Å². The number of azide groups is 1. The predicted molar refractivity (Wildman–Crippen MR) is 55.3 cm³/mol. The Bertz CT molecular complexity index is 405. The predicted octanol–water partition coefficient (Wildman–Crippen LogP) is 1.82. The van der Waals surface area contributed by atoms with E-state index in [0.29, 0.717) is 18.7 Å². The molecule has 0 bridgehead atoms. The third kappa shape index (κ3) is 1.92. The van der Waals surface area contributed by atoms with Gasteiger partial charge in [-0.3, -0.25) is 4.79 Å². The van der Waals surface area contributed by atoms with Gasteiger partial charge in [0.25, 0.3) is 5.91 Å². The summed E-state index contributed by atoms with van der Waals surface area (Å²) < 4.78 is 0. The first-order valence-electron chi connectivity index (χ1n) is 4.70. The van der Waals surface area contributed by atoms with E-state index in [1.165, 1.54) is 0 Å². The minimum Gasteiger partial charge on any atom is -0.338 e. The molecular weight excluding hydrogens is 192 g/mol. The lowest BCUT2D eigenvalue weighted by atomic mass is 10.1. The van der Waals surface area contributed by atoms with Crippen molar-refractivity contribution in [1.29, 1.82) is 0 Å². The fraction of sp³-hybridized carbons (Fsp3) is 0.300. The quantitative estimate of drug-likeness (QED) is 0.409. The first kappa shape index (κ1) is 9.55. The van der Waals surface area contributed by atoms with Crippen LogP contribution in [0.2, 0.25) is 0 Å². The highest BCUT2D eigenvalue weighted by Crippen LogP contribution is 2.15. The van der Waals surface area contributed by atoms with Gasteiger partial charge in [-0.25, -0.2) is 0 Å². The Morgan fingerprint density at radius 2 is 2.07 bits per heavy atom. The van der Waals surface area contributed by atoms with Gasteiger partial charge in [0.1, 0.15) is 0 Å². The molecule has 1 aliphatic rings. The van der Waals surface area contributed by atoms with Gasteiger partial charge in [-0.2, -0.15) is 0 Å². The van der Waals surface area contributed by atoms with Gasteiger partial charge in [0.05, 0.1) is 6.04 Å². The largest absolute Gasteiger partial charge is 0.338 e. The summed E-state index contributed by atoms with van der Waals surface area (Å²) >= 11 is 0. The molecule has 0 N–H and O–H groups in total. The first-order valence-corrected chi connectivity index (χ1v) is 4.70. The van der Waals surface area contributed by atoms with E-state index in [0.717, 1.165) is 0 Å². The number of nitrogens with zero attached hydrogens (tertiary/aromatic N) is 4. The molecule has 2 rings (SSSR count). The molecular formula is C10H10N4O. The molecule has 1 aliphatic heterocycles. The van der Waals surface area contributed by atoms with Crippen LogP contribution in [-0.2, 0) is 0 Å². The lowest BCUT2D eigenvalue weighted by Crippen LogP contribution is -2.52. The van der Waals surface area contributed by atoms with Crippen molar-refractivity contribution in [2.24, 2.45) is 5.11 Å². The normalized spacial score (nSPS) is 15.3. The van der Waals surface area contributed by atoms with Crippen LogP contribution in [0.4, 0.5) is 0 Å². The van der Waals surface area contributed by atoms with Crippen LogP contribution in [0.5, 0.6) is 0 Å². The van der Waals surface area contributed by atoms with Gasteiger partial charge in [0.15, 0.2) is 0 Å². The zero-order valence-corrected chi connectivity index (χ0v) is 8.08. The van der Waals surface area contributed by atoms with Crippen molar-refractivity contribution in [3.05, 3.63) is 46.3 Å². The zero-order chi connectivity index (χ0) is 10.7. The molecule has 0 spiro atoms. The summed E-state index contributed by atoms with van der Waals surface area (Å²) in [5.41, 5.74) is 8.88. The molecule has 1 heterocycles. The smallest absolute Gasteiger partial charge is 0.253 e. The molecule has 0 unspecified atom stereocenters. The van der Waals surface area contributed by atoms with Crippen LogP contribution in [-0.4, -0.2) is 29.9 Å². The van der Waals surface area contributed by atoms with E-state index in [1.54, 1.807) is 17.0 Å². The lowest BCUT2D eigenvalue weighted by molar-refractivity contribution is 0.0608. The van der Waals surface area contributed by atoms with Crippen LogP contribution in [0.25, 0.3) is 10.4 Å². The Morgan fingerprint density at radius 3 is 2.67 bits per heavy atom. The second-order valence-electron chi connectivity index (χ2n) is 3.43. The lowest BCUT2D eigenvalue weighted by Gasteiger charge is -2.36. The van der Waals surface area contributed by atoms with Crippen molar-refractivity contribution in [2.45, 2.75) is 6.04 Å². The van der Waals surface area contributed by atoms with E-state index in [9.17, 15) is 4.79 Å². The summed E-state index contributed by atoms with van der Waals surface area (Å²) in [6, 6.07) is 9.04. The molecule has 76 valence electrons. The van der Waals surface area contributed by atoms with E-state index in [2.05, 4.69) is 10.0 Å². The molecule has 1 amide bonds. The second kappa shape index (κ2) is 4.02. The summed E-state index contributed by atoms with van der Waals surface area (Å²) in [7, 11) is 0. The SMILES string of the molecule is [N-]=[N+]=NC1CN(C(=O)c2ccccc2)C1. The third-order valence-corrected chi connectivity index (χ3v) is 2.39. The fourth-order valence-corrected chi connectivity index (χ4v) is 1.53. The number of benzene rings is 1. The average molecular weight is 202 g/mol. The second-order valence-corrected chi connectivity index (χ2v) is 3.43. The van der Waals surface area contributed by atoms with Crippen LogP contribution < -0.4 is 0 Å². The van der Waals surface area contributed by atoms with Crippen molar-refractivity contribution in [3.8, 4) is 0 Å². The molecule has 1 aromatic rings. The molecule has 0 atom stereocenters. The van der Waals surface area contributed by atoms with Crippen molar-refractivity contribution in [3.63, 3.8) is 0 Å². The number of hydrogen-bond acceptors (Lipinski definition) is 2. The Hall–Kier alpha value is -2.00. The van der Waals surface area contributed by atoms with Gasteiger partial charge < -0.3 is 4.90 Å².